The quantitative estimate of drug-likeness (QED) is 0.619. The normalized spacial score (nSPS) is 10.8. The Morgan fingerprint density at radius 2 is 1.87 bits per heavy atom. The fourth-order valence-corrected chi connectivity index (χ4v) is 2.47. The summed E-state index contributed by atoms with van der Waals surface area (Å²) in [4.78, 5) is 12.7. The second-order valence-corrected chi connectivity index (χ2v) is 5.15. The molecule has 4 aromatic rings. The van der Waals surface area contributed by atoms with Crippen molar-refractivity contribution in [3.63, 3.8) is 0 Å². The van der Waals surface area contributed by atoms with Crippen molar-refractivity contribution in [1.82, 2.24) is 25.1 Å². The Kier molecular flexibility index (Phi) is 3.36. The molecular weight excluding hydrogens is 314 g/mol. The molecule has 0 fully saturated rings. The Balaban J connectivity index is 1.94. The highest BCUT2D eigenvalue weighted by molar-refractivity contribution is 6.33. The van der Waals surface area contributed by atoms with Crippen molar-refractivity contribution < 1.29 is 4.42 Å². The SMILES string of the molecule is Clc1ccccc1-c1oc(-c2ccncc2)nc1-c1ncn[nH]1. The molecule has 0 saturated heterocycles. The summed E-state index contributed by atoms with van der Waals surface area (Å²) in [6.07, 6.45) is 4.79. The Morgan fingerprint density at radius 3 is 2.61 bits per heavy atom. The first-order valence-corrected chi connectivity index (χ1v) is 7.22. The molecule has 0 atom stereocenters. The van der Waals surface area contributed by atoms with Crippen LogP contribution >= 0.6 is 11.6 Å². The van der Waals surface area contributed by atoms with Crippen molar-refractivity contribution in [2.24, 2.45) is 0 Å². The van der Waals surface area contributed by atoms with Gasteiger partial charge in [-0.1, -0.05) is 23.7 Å². The van der Waals surface area contributed by atoms with Gasteiger partial charge in [0.05, 0.1) is 5.02 Å². The number of halogens is 1. The van der Waals surface area contributed by atoms with Gasteiger partial charge in [-0.05, 0) is 24.3 Å². The van der Waals surface area contributed by atoms with Gasteiger partial charge in [0.1, 0.15) is 6.33 Å². The number of aromatic nitrogens is 5. The summed E-state index contributed by atoms with van der Waals surface area (Å²) >= 11 is 6.30. The first kappa shape index (κ1) is 13.7. The van der Waals surface area contributed by atoms with Crippen molar-refractivity contribution in [1.29, 1.82) is 0 Å². The van der Waals surface area contributed by atoms with E-state index in [9.17, 15) is 0 Å². The van der Waals surface area contributed by atoms with Crippen LogP contribution in [-0.4, -0.2) is 25.1 Å². The third-order valence-corrected chi connectivity index (χ3v) is 3.64. The van der Waals surface area contributed by atoms with Gasteiger partial charge < -0.3 is 4.42 Å². The molecule has 0 amide bonds. The molecule has 0 aliphatic rings. The molecule has 3 aromatic heterocycles. The second kappa shape index (κ2) is 5.66. The smallest absolute Gasteiger partial charge is 0.227 e. The molecule has 0 bridgehead atoms. The largest absolute Gasteiger partial charge is 0.435 e. The minimum absolute atomic E-state index is 0.466. The van der Waals surface area contributed by atoms with Gasteiger partial charge in [-0.2, -0.15) is 5.10 Å². The molecule has 6 nitrogen and oxygen atoms in total. The molecule has 112 valence electrons. The van der Waals surface area contributed by atoms with Crippen LogP contribution in [0.4, 0.5) is 0 Å². The number of hydrogen-bond acceptors (Lipinski definition) is 5. The van der Waals surface area contributed by atoms with Crippen LogP contribution in [0, 0.1) is 0 Å². The lowest BCUT2D eigenvalue weighted by Gasteiger charge is -2.01. The molecule has 0 unspecified atom stereocenters. The van der Waals surface area contributed by atoms with E-state index in [4.69, 9.17) is 16.0 Å². The van der Waals surface area contributed by atoms with Crippen molar-refractivity contribution >= 4 is 11.6 Å². The van der Waals surface area contributed by atoms with Crippen LogP contribution in [0.5, 0.6) is 0 Å². The predicted molar refractivity (Wildman–Crippen MR) is 85.6 cm³/mol. The maximum atomic E-state index is 6.30. The van der Waals surface area contributed by atoms with Gasteiger partial charge >= 0.3 is 0 Å². The van der Waals surface area contributed by atoms with Gasteiger partial charge in [0, 0.05) is 23.5 Å². The lowest BCUT2D eigenvalue weighted by atomic mass is 10.1. The van der Waals surface area contributed by atoms with Crippen LogP contribution in [0.3, 0.4) is 0 Å². The van der Waals surface area contributed by atoms with Crippen molar-refractivity contribution in [2.45, 2.75) is 0 Å². The van der Waals surface area contributed by atoms with E-state index in [1.54, 1.807) is 18.5 Å². The lowest BCUT2D eigenvalue weighted by molar-refractivity contribution is 0.589. The van der Waals surface area contributed by atoms with Gasteiger partial charge in [-0.3, -0.25) is 10.1 Å². The summed E-state index contributed by atoms with van der Waals surface area (Å²) in [5, 5.41) is 7.26. The summed E-state index contributed by atoms with van der Waals surface area (Å²) in [7, 11) is 0. The van der Waals surface area contributed by atoms with Crippen molar-refractivity contribution in [2.75, 3.05) is 0 Å². The zero-order valence-electron chi connectivity index (χ0n) is 11.8. The average Bonchev–Trinajstić information content (AvgIpc) is 3.25. The number of rotatable bonds is 3. The third-order valence-electron chi connectivity index (χ3n) is 3.31. The molecule has 23 heavy (non-hydrogen) atoms. The molecule has 0 saturated carbocycles. The van der Waals surface area contributed by atoms with E-state index < -0.39 is 0 Å². The van der Waals surface area contributed by atoms with Gasteiger partial charge in [0.2, 0.25) is 5.89 Å². The summed E-state index contributed by atoms with van der Waals surface area (Å²) in [5.74, 6) is 1.52. The minimum Gasteiger partial charge on any atom is -0.435 e. The summed E-state index contributed by atoms with van der Waals surface area (Å²) < 4.78 is 5.98. The fraction of sp³-hybridized carbons (Fsp3) is 0. The highest BCUT2D eigenvalue weighted by Gasteiger charge is 2.21. The summed E-state index contributed by atoms with van der Waals surface area (Å²) in [6, 6.07) is 11.1. The second-order valence-electron chi connectivity index (χ2n) is 4.75. The van der Waals surface area contributed by atoms with Crippen LogP contribution in [0.1, 0.15) is 0 Å². The van der Waals surface area contributed by atoms with E-state index in [0.29, 0.717) is 28.2 Å². The van der Waals surface area contributed by atoms with Crippen LogP contribution in [0.15, 0.2) is 59.5 Å². The highest BCUT2D eigenvalue weighted by atomic mass is 35.5. The molecule has 1 aromatic carbocycles. The number of H-pyrrole nitrogens is 1. The van der Waals surface area contributed by atoms with E-state index in [-0.39, 0.29) is 0 Å². The van der Waals surface area contributed by atoms with E-state index >= 15 is 0 Å². The maximum Gasteiger partial charge on any atom is 0.227 e. The molecule has 0 aliphatic heterocycles. The van der Waals surface area contributed by atoms with Crippen molar-refractivity contribution in [3.05, 3.63) is 60.1 Å². The van der Waals surface area contributed by atoms with Crippen LogP contribution in [-0.2, 0) is 0 Å². The Labute approximate surface area is 136 Å². The van der Waals surface area contributed by atoms with Crippen LogP contribution in [0.25, 0.3) is 34.3 Å². The number of nitrogens with one attached hydrogen (secondary N) is 1. The zero-order chi connectivity index (χ0) is 15.6. The van der Waals surface area contributed by atoms with Crippen molar-refractivity contribution in [3.8, 4) is 34.3 Å². The molecule has 0 radical (unpaired) electrons. The lowest BCUT2D eigenvalue weighted by Crippen LogP contribution is -1.86. The standard InChI is InChI=1S/C16H10ClN5O/c17-12-4-2-1-3-11(12)14-13(15-19-9-20-22-15)21-16(23-14)10-5-7-18-8-6-10/h1-9H,(H,19,20,22). The minimum atomic E-state index is 0.466. The molecule has 0 spiro atoms. The molecule has 4 rings (SSSR count). The topological polar surface area (TPSA) is 80.5 Å². The number of pyridine rings is 1. The average molecular weight is 324 g/mol. The number of oxazole rings is 1. The summed E-state index contributed by atoms with van der Waals surface area (Å²) in [5.41, 5.74) is 2.12. The molecule has 7 heteroatoms. The Hall–Kier alpha value is -2.99. The fourth-order valence-electron chi connectivity index (χ4n) is 2.25. The maximum absolute atomic E-state index is 6.30. The van der Waals surface area contributed by atoms with E-state index in [2.05, 4.69) is 25.1 Å². The predicted octanol–water partition coefficient (Wildman–Crippen LogP) is 3.84. The third kappa shape index (κ3) is 2.49. The first-order chi connectivity index (χ1) is 11.3. The number of nitrogens with zero attached hydrogens (tertiary/aromatic N) is 4. The van der Waals surface area contributed by atoms with Crippen LogP contribution < -0.4 is 0 Å². The number of hydrogen-bond donors (Lipinski definition) is 1. The van der Waals surface area contributed by atoms with E-state index in [1.165, 1.54) is 6.33 Å². The monoisotopic (exact) mass is 323 g/mol. The van der Waals surface area contributed by atoms with E-state index in [0.717, 1.165) is 11.1 Å². The number of benzene rings is 1. The van der Waals surface area contributed by atoms with Gasteiger partial charge in [-0.25, -0.2) is 9.97 Å². The van der Waals surface area contributed by atoms with E-state index in [1.807, 2.05) is 30.3 Å². The number of aromatic amines is 1. The molecule has 3 heterocycles. The highest BCUT2D eigenvalue weighted by Crippen LogP contribution is 2.37. The van der Waals surface area contributed by atoms with Gasteiger partial charge in [0.15, 0.2) is 17.3 Å². The zero-order valence-corrected chi connectivity index (χ0v) is 12.5. The molecule has 1 N–H and O–H groups in total. The Bertz CT molecular complexity index is 934. The molecule has 0 aliphatic carbocycles. The summed E-state index contributed by atoms with van der Waals surface area (Å²) in [6.45, 7) is 0. The van der Waals surface area contributed by atoms with Gasteiger partial charge in [-0.15, -0.1) is 0 Å². The van der Waals surface area contributed by atoms with Gasteiger partial charge in [0.25, 0.3) is 0 Å². The van der Waals surface area contributed by atoms with Crippen LogP contribution in [0.2, 0.25) is 5.02 Å². The Morgan fingerprint density at radius 1 is 1.04 bits per heavy atom. The molecular formula is C16H10ClN5O. The first-order valence-electron chi connectivity index (χ1n) is 6.85.